The Morgan fingerprint density at radius 3 is 2.77 bits per heavy atom. The van der Waals surface area contributed by atoms with Crippen LogP contribution >= 0.6 is 0 Å². The zero-order valence-corrected chi connectivity index (χ0v) is 13.9. The number of carbonyl (C=O) groups excluding carboxylic acids is 1. The Morgan fingerprint density at radius 2 is 2.00 bits per heavy atom. The van der Waals surface area contributed by atoms with Crippen molar-refractivity contribution in [3.63, 3.8) is 0 Å². The summed E-state index contributed by atoms with van der Waals surface area (Å²) in [6, 6.07) is 0. The van der Waals surface area contributed by atoms with Gasteiger partial charge in [0.25, 0.3) is 0 Å². The highest BCUT2D eigenvalue weighted by Crippen LogP contribution is 2.46. The van der Waals surface area contributed by atoms with E-state index in [0.717, 1.165) is 30.6 Å². The molecule has 1 saturated heterocycles. The summed E-state index contributed by atoms with van der Waals surface area (Å²) in [7, 11) is 0. The molecular formula is C19H30O3. The Labute approximate surface area is 134 Å². The molecule has 3 nitrogen and oxygen atoms in total. The zero-order valence-electron chi connectivity index (χ0n) is 13.9. The maximum atomic E-state index is 11.5. The molecule has 22 heavy (non-hydrogen) atoms. The van der Waals surface area contributed by atoms with E-state index in [2.05, 4.69) is 26.0 Å². The van der Waals surface area contributed by atoms with E-state index < -0.39 is 6.10 Å². The topological polar surface area (TPSA) is 46.5 Å². The van der Waals surface area contributed by atoms with Crippen LogP contribution < -0.4 is 0 Å². The van der Waals surface area contributed by atoms with Gasteiger partial charge in [-0.15, -0.1) is 0 Å². The van der Waals surface area contributed by atoms with Crippen LogP contribution in [0.5, 0.6) is 0 Å². The van der Waals surface area contributed by atoms with Crippen molar-refractivity contribution in [2.75, 3.05) is 0 Å². The lowest BCUT2D eigenvalue weighted by molar-refractivity contribution is -0.160. The van der Waals surface area contributed by atoms with Crippen molar-refractivity contribution in [3.8, 4) is 0 Å². The van der Waals surface area contributed by atoms with E-state index in [4.69, 9.17) is 4.74 Å². The van der Waals surface area contributed by atoms with Crippen LogP contribution in [-0.2, 0) is 9.53 Å². The van der Waals surface area contributed by atoms with Crippen molar-refractivity contribution in [3.05, 3.63) is 12.2 Å². The lowest BCUT2D eigenvalue weighted by Crippen LogP contribution is -2.37. The van der Waals surface area contributed by atoms with Crippen LogP contribution in [0.3, 0.4) is 0 Å². The largest absolute Gasteiger partial charge is 0.462 e. The number of cyclic esters (lactones) is 1. The van der Waals surface area contributed by atoms with Gasteiger partial charge in [-0.1, -0.05) is 32.4 Å². The first-order valence-electron chi connectivity index (χ1n) is 9.08. The van der Waals surface area contributed by atoms with Crippen LogP contribution in [0.4, 0.5) is 0 Å². The second kappa shape index (κ2) is 6.74. The third-order valence-electron chi connectivity index (χ3n) is 6.16. The minimum absolute atomic E-state index is 0.0738. The highest BCUT2D eigenvalue weighted by atomic mass is 16.5. The van der Waals surface area contributed by atoms with Crippen molar-refractivity contribution in [2.45, 2.75) is 71.0 Å². The average Bonchev–Trinajstić information content (AvgIpc) is 2.45. The fourth-order valence-corrected chi connectivity index (χ4v) is 4.95. The Bertz CT molecular complexity index is 430. The molecule has 1 saturated carbocycles. The van der Waals surface area contributed by atoms with E-state index in [1.54, 1.807) is 0 Å². The average molecular weight is 306 g/mol. The monoisotopic (exact) mass is 306 g/mol. The SMILES string of the molecule is C[C@@H]1CCC2C(C=C[C@@H](C)[C@@H]2CC[C@H]2C[C@H](O)CC(=O)O2)C1. The van der Waals surface area contributed by atoms with Gasteiger partial charge in [-0.3, -0.25) is 4.79 Å². The van der Waals surface area contributed by atoms with Crippen LogP contribution in [-0.4, -0.2) is 23.3 Å². The van der Waals surface area contributed by atoms with Crippen molar-refractivity contribution in [2.24, 2.45) is 29.6 Å². The number of carbonyl (C=O) groups is 1. The third kappa shape index (κ3) is 3.56. The summed E-state index contributed by atoms with van der Waals surface area (Å²) in [6.07, 6.45) is 11.1. The van der Waals surface area contributed by atoms with Crippen LogP contribution in [0.15, 0.2) is 12.2 Å². The molecule has 3 heteroatoms. The standard InChI is InChI=1S/C19H30O3/c1-12-3-7-18-14(9-12)5-4-13(2)17(18)8-6-16-10-15(20)11-19(21)22-16/h4-5,12-18,20H,3,6-11H2,1-2H3/t12-,13-,14?,15+,16+,17+,18?/m1/s1. The van der Waals surface area contributed by atoms with Gasteiger partial charge in [-0.2, -0.15) is 0 Å². The van der Waals surface area contributed by atoms with E-state index in [9.17, 15) is 9.90 Å². The summed E-state index contributed by atoms with van der Waals surface area (Å²) in [6.45, 7) is 4.71. The minimum atomic E-state index is -0.502. The number of rotatable bonds is 3. The molecule has 1 heterocycles. The maximum absolute atomic E-state index is 11.5. The summed E-state index contributed by atoms with van der Waals surface area (Å²) >= 11 is 0. The highest BCUT2D eigenvalue weighted by molar-refractivity contribution is 5.70. The lowest BCUT2D eigenvalue weighted by Gasteiger charge is -2.44. The summed E-state index contributed by atoms with van der Waals surface area (Å²) in [5, 5.41) is 9.74. The summed E-state index contributed by atoms with van der Waals surface area (Å²) < 4.78 is 5.42. The highest BCUT2D eigenvalue weighted by Gasteiger charge is 2.38. The van der Waals surface area contributed by atoms with E-state index >= 15 is 0 Å². The van der Waals surface area contributed by atoms with Crippen LogP contribution in [0.25, 0.3) is 0 Å². The minimum Gasteiger partial charge on any atom is -0.462 e. The van der Waals surface area contributed by atoms with E-state index in [0.29, 0.717) is 18.3 Å². The molecule has 124 valence electrons. The molecule has 7 atom stereocenters. The van der Waals surface area contributed by atoms with Gasteiger partial charge < -0.3 is 9.84 Å². The van der Waals surface area contributed by atoms with Crippen molar-refractivity contribution >= 4 is 5.97 Å². The lowest BCUT2D eigenvalue weighted by atomic mass is 9.62. The van der Waals surface area contributed by atoms with Crippen molar-refractivity contribution in [1.29, 1.82) is 0 Å². The Kier molecular flexibility index (Phi) is 4.91. The summed E-state index contributed by atoms with van der Waals surface area (Å²) in [5.41, 5.74) is 0. The maximum Gasteiger partial charge on any atom is 0.308 e. The molecule has 1 aliphatic heterocycles. The van der Waals surface area contributed by atoms with Gasteiger partial charge in [0.05, 0.1) is 12.5 Å². The Balaban J connectivity index is 1.59. The van der Waals surface area contributed by atoms with Gasteiger partial charge >= 0.3 is 5.97 Å². The van der Waals surface area contributed by atoms with Gasteiger partial charge in [-0.05, 0) is 55.3 Å². The van der Waals surface area contributed by atoms with Crippen LogP contribution in [0.2, 0.25) is 0 Å². The molecule has 0 spiro atoms. The summed E-state index contributed by atoms with van der Waals surface area (Å²) in [5.74, 6) is 3.52. The first-order chi connectivity index (χ1) is 10.5. The summed E-state index contributed by atoms with van der Waals surface area (Å²) in [4.78, 5) is 11.5. The predicted molar refractivity (Wildman–Crippen MR) is 86.1 cm³/mol. The molecule has 2 aliphatic carbocycles. The second-order valence-corrected chi connectivity index (χ2v) is 7.94. The molecule has 0 aromatic heterocycles. The predicted octanol–water partition coefficient (Wildman–Crippen LogP) is 3.71. The number of aliphatic hydroxyl groups is 1. The molecule has 0 amide bonds. The fourth-order valence-electron chi connectivity index (χ4n) is 4.95. The van der Waals surface area contributed by atoms with E-state index in [-0.39, 0.29) is 18.5 Å². The molecule has 0 aromatic carbocycles. The van der Waals surface area contributed by atoms with Gasteiger partial charge in [0.15, 0.2) is 0 Å². The third-order valence-corrected chi connectivity index (χ3v) is 6.16. The quantitative estimate of drug-likeness (QED) is 0.638. The van der Waals surface area contributed by atoms with Gasteiger partial charge in [0, 0.05) is 6.42 Å². The Hall–Kier alpha value is -0.830. The normalized spacial score (nSPS) is 45.2. The number of allylic oxidation sites excluding steroid dienone is 2. The first kappa shape index (κ1) is 16.0. The Morgan fingerprint density at radius 1 is 1.18 bits per heavy atom. The van der Waals surface area contributed by atoms with Gasteiger partial charge in [0.2, 0.25) is 0 Å². The van der Waals surface area contributed by atoms with Crippen LogP contribution in [0.1, 0.15) is 58.8 Å². The molecule has 0 radical (unpaired) electrons. The van der Waals surface area contributed by atoms with Gasteiger partial charge in [0.1, 0.15) is 6.10 Å². The zero-order chi connectivity index (χ0) is 15.7. The first-order valence-corrected chi connectivity index (χ1v) is 9.08. The number of hydrogen-bond donors (Lipinski definition) is 1. The number of hydrogen-bond acceptors (Lipinski definition) is 3. The second-order valence-electron chi connectivity index (χ2n) is 7.94. The molecule has 0 bridgehead atoms. The number of esters is 1. The number of ether oxygens (including phenoxy) is 1. The molecule has 1 N–H and O–H groups in total. The van der Waals surface area contributed by atoms with Crippen molar-refractivity contribution < 1.29 is 14.6 Å². The number of fused-ring (bicyclic) bond motifs is 1. The van der Waals surface area contributed by atoms with E-state index in [1.807, 2.05) is 0 Å². The molecule has 0 aromatic rings. The van der Waals surface area contributed by atoms with E-state index in [1.165, 1.54) is 19.3 Å². The van der Waals surface area contributed by atoms with Crippen LogP contribution in [0, 0.1) is 29.6 Å². The van der Waals surface area contributed by atoms with Crippen molar-refractivity contribution in [1.82, 2.24) is 0 Å². The molecule has 3 aliphatic rings. The number of aliphatic hydroxyl groups excluding tert-OH is 1. The fraction of sp³-hybridized carbons (Fsp3) is 0.842. The molecule has 2 unspecified atom stereocenters. The van der Waals surface area contributed by atoms with Gasteiger partial charge in [-0.25, -0.2) is 0 Å². The molecular weight excluding hydrogens is 276 g/mol. The molecule has 3 rings (SSSR count). The molecule has 2 fully saturated rings. The smallest absolute Gasteiger partial charge is 0.308 e.